The molecule has 1 aromatic heterocycles. The fraction of sp³-hybridized carbons (Fsp3) is 0.464. The molecule has 38 heavy (non-hydrogen) atoms. The first-order chi connectivity index (χ1) is 18.4. The molecule has 3 aromatic rings. The van der Waals surface area contributed by atoms with Gasteiger partial charge in [0.05, 0.1) is 29.8 Å². The largest absolute Gasteiger partial charge is 0.469 e. The van der Waals surface area contributed by atoms with E-state index in [1.165, 1.54) is 12.0 Å². The van der Waals surface area contributed by atoms with Crippen LogP contribution in [0, 0.1) is 5.92 Å². The monoisotopic (exact) mass is 543 g/mol. The summed E-state index contributed by atoms with van der Waals surface area (Å²) in [6.07, 6.45) is 3.07. The number of methoxy groups -OCH3 is 1. The highest BCUT2D eigenvalue weighted by atomic mass is 35.5. The van der Waals surface area contributed by atoms with Gasteiger partial charge in [0.1, 0.15) is 5.52 Å². The second kappa shape index (κ2) is 11.4. The van der Waals surface area contributed by atoms with Crippen molar-refractivity contribution in [3.05, 3.63) is 53.1 Å². The van der Waals surface area contributed by atoms with Gasteiger partial charge < -0.3 is 19.2 Å². The molecule has 202 valence electrons. The Labute approximate surface area is 225 Å². The van der Waals surface area contributed by atoms with Crippen LogP contribution in [0.4, 0.5) is 16.1 Å². The molecule has 10 heteroatoms. The highest BCUT2D eigenvalue weighted by molar-refractivity contribution is 6.33. The van der Waals surface area contributed by atoms with E-state index in [9.17, 15) is 9.59 Å². The number of nitrogens with zero attached hydrogens (tertiary/aromatic N) is 2. The Kier molecular flexibility index (Phi) is 7.97. The van der Waals surface area contributed by atoms with E-state index in [0.717, 1.165) is 12.8 Å². The number of nitrogens with one attached hydrogen (secondary N) is 1. The Morgan fingerprint density at radius 3 is 2.58 bits per heavy atom. The number of para-hydroxylation sites is 2. The molecule has 1 unspecified atom stereocenters. The first-order valence-electron chi connectivity index (χ1n) is 13.0. The molecule has 0 bridgehead atoms. The van der Waals surface area contributed by atoms with Gasteiger partial charge >= 0.3 is 11.9 Å². The summed E-state index contributed by atoms with van der Waals surface area (Å²) in [5, 5.41) is 3.40. The van der Waals surface area contributed by atoms with Crippen molar-refractivity contribution in [2.24, 2.45) is 5.92 Å². The van der Waals surface area contributed by atoms with Crippen LogP contribution in [0.15, 0.2) is 46.9 Å². The number of anilines is 2. The fourth-order valence-corrected chi connectivity index (χ4v) is 5.48. The molecule has 2 fully saturated rings. The molecule has 0 spiro atoms. The number of fused-ring (bicyclic) bond motifs is 1. The van der Waals surface area contributed by atoms with Crippen molar-refractivity contribution >= 4 is 46.2 Å². The lowest BCUT2D eigenvalue weighted by Crippen LogP contribution is -2.54. The number of ether oxygens (including phenoxy) is 2. The molecule has 1 atom stereocenters. The number of esters is 1. The van der Waals surface area contributed by atoms with E-state index in [2.05, 4.69) is 10.3 Å². The second-order valence-electron chi connectivity index (χ2n) is 9.90. The van der Waals surface area contributed by atoms with Crippen molar-refractivity contribution < 1.29 is 27.9 Å². The van der Waals surface area contributed by atoms with Gasteiger partial charge in [-0.05, 0) is 68.4 Å². The highest BCUT2D eigenvalue weighted by Crippen LogP contribution is 2.35. The van der Waals surface area contributed by atoms with Gasteiger partial charge in [0.15, 0.2) is 5.58 Å². The number of ketones is 1. The number of oxazole rings is 1. The number of hydrogen-bond acceptors (Lipinski definition) is 8. The zero-order valence-corrected chi connectivity index (χ0v) is 22.0. The average Bonchev–Trinajstić information content (AvgIpc) is 3.60. The maximum atomic E-state index is 16.4. The van der Waals surface area contributed by atoms with E-state index in [4.69, 9.17) is 25.5 Å². The summed E-state index contributed by atoms with van der Waals surface area (Å²) in [6, 6.07) is 12.8. The van der Waals surface area contributed by atoms with Gasteiger partial charge in [-0.25, -0.2) is 4.90 Å². The van der Waals surface area contributed by atoms with E-state index in [1.54, 1.807) is 18.2 Å². The Morgan fingerprint density at radius 1 is 1.16 bits per heavy atom. The molecule has 2 aliphatic rings. The van der Waals surface area contributed by atoms with Crippen molar-refractivity contribution in [2.75, 3.05) is 25.5 Å². The molecular weight excluding hydrogens is 513 g/mol. The summed E-state index contributed by atoms with van der Waals surface area (Å²) >= 11 is 6.49. The quantitative estimate of drug-likeness (QED) is 0.267. The molecule has 1 aliphatic carbocycles. The number of halogens is 2. The fourth-order valence-electron chi connectivity index (χ4n) is 5.23. The number of carbonyl (C=O) groups is 2. The molecule has 2 heterocycles. The van der Waals surface area contributed by atoms with Crippen LogP contribution in [0.3, 0.4) is 0 Å². The minimum Gasteiger partial charge on any atom is -0.469 e. The maximum absolute atomic E-state index is 16.4. The predicted octanol–water partition coefficient (Wildman–Crippen LogP) is 5.80. The summed E-state index contributed by atoms with van der Waals surface area (Å²) in [5.41, 5.74) is 2.49. The molecule has 1 saturated carbocycles. The minimum atomic E-state index is -2.53. The summed E-state index contributed by atoms with van der Waals surface area (Å²) in [7, 11) is 1.37. The average molecular weight is 544 g/mol. The summed E-state index contributed by atoms with van der Waals surface area (Å²) < 4.78 is 32.9. The van der Waals surface area contributed by atoms with Gasteiger partial charge in [0, 0.05) is 19.5 Å². The van der Waals surface area contributed by atoms with Crippen LogP contribution in [-0.2, 0) is 25.5 Å². The summed E-state index contributed by atoms with van der Waals surface area (Å²) in [4.78, 5) is 31.1. The van der Waals surface area contributed by atoms with E-state index in [1.807, 2.05) is 24.3 Å². The third-order valence-electron chi connectivity index (χ3n) is 7.32. The predicted molar refractivity (Wildman–Crippen MR) is 141 cm³/mol. The molecule has 0 amide bonds. The lowest BCUT2D eigenvalue weighted by molar-refractivity contribution is -0.252. The lowest BCUT2D eigenvalue weighted by atomic mass is 9.87. The SMILES string of the molecule is COC(=O)C1CCC(OC(F)(C(=O)Cc2ccc(Nc3nc4ccccc4o3)c(Cl)c2)N2CCCC2)CC1. The highest BCUT2D eigenvalue weighted by Gasteiger charge is 2.48. The molecule has 5 rings (SSSR count). The third-order valence-corrected chi connectivity index (χ3v) is 7.63. The number of Topliss-reactive ketones (excluding diaryl/α,β-unsaturated/α-hetero) is 1. The first-order valence-corrected chi connectivity index (χ1v) is 13.4. The van der Waals surface area contributed by atoms with Crippen molar-refractivity contribution in [3.63, 3.8) is 0 Å². The van der Waals surface area contributed by atoms with E-state index < -0.39 is 17.9 Å². The van der Waals surface area contributed by atoms with Crippen LogP contribution in [0.1, 0.15) is 44.1 Å². The number of likely N-dealkylation sites (tertiary alicyclic amines) is 1. The van der Waals surface area contributed by atoms with E-state index in [0.29, 0.717) is 72.2 Å². The van der Waals surface area contributed by atoms with Crippen LogP contribution in [0.25, 0.3) is 11.1 Å². The van der Waals surface area contributed by atoms with Gasteiger partial charge in [-0.15, -0.1) is 0 Å². The van der Waals surface area contributed by atoms with E-state index in [-0.39, 0.29) is 18.3 Å². The number of alkyl halides is 1. The molecule has 1 aliphatic heterocycles. The lowest BCUT2D eigenvalue weighted by Gasteiger charge is -2.37. The minimum absolute atomic E-state index is 0.173. The van der Waals surface area contributed by atoms with Crippen LogP contribution < -0.4 is 5.32 Å². The number of carbonyl (C=O) groups excluding carboxylic acids is 2. The molecule has 8 nitrogen and oxygen atoms in total. The van der Waals surface area contributed by atoms with Gasteiger partial charge in [-0.1, -0.05) is 29.8 Å². The van der Waals surface area contributed by atoms with Crippen LogP contribution >= 0.6 is 11.6 Å². The smallest absolute Gasteiger partial charge is 0.330 e. The number of rotatable bonds is 9. The van der Waals surface area contributed by atoms with Crippen molar-refractivity contribution in [1.82, 2.24) is 9.88 Å². The Balaban J connectivity index is 1.27. The summed E-state index contributed by atoms with van der Waals surface area (Å²) in [6.45, 7) is 0.904. The number of aromatic nitrogens is 1. The van der Waals surface area contributed by atoms with Crippen LogP contribution in [0.5, 0.6) is 0 Å². The standard InChI is InChI=1S/C28H31ClFN3O5/c1-36-26(35)19-9-11-20(12-10-19)38-28(30,33-14-4-5-15-33)25(34)17-18-8-13-22(21(29)16-18)31-27-32-23-6-2-3-7-24(23)37-27/h2-3,6-8,13,16,19-20H,4-5,9-12,14-15,17H2,1H3,(H,31,32). The topological polar surface area (TPSA) is 93.9 Å². The van der Waals surface area contributed by atoms with E-state index >= 15 is 4.39 Å². The Bertz CT molecular complexity index is 1270. The molecule has 1 saturated heterocycles. The van der Waals surface area contributed by atoms with Gasteiger partial charge in [0.25, 0.3) is 6.01 Å². The second-order valence-corrected chi connectivity index (χ2v) is 10.3. The maximum Gasteiger partial charge on any atom is 0.330 e. The first kappa shape index (κ1) is 26.6. The third kappa shape index (κ3) is 5.70. The van der Waals surface area contributed by atoms with Crippen molar-refractivity contribution in [1.29, 1.82) is 0 Å². The molecule has 1 N–H and O–H groups in total. The Hall–Kier alpha value is -3.01. The number of benzene rings is 2. The Morgan fingerprint density at radius 2 is 1.89 bits per heavy atom. The number of hydrogen-bond donors (Lipinski definition) is 1. The molecular formula is C28H31ClFN3O5. The zero-order chi connectivity index (χ0) is 26.7. The van der Waals surface area contributed by atoms with Crippen molar-refractivity contribution in [3.8, 4) is 0 Å². The summed E-state index contributed by atoms with van der Waals surface area (Å²) in [5.74, 6) is -3.65. The van der Waals surface area contributed by atoms with Gasteiger partial charge in [0.2, 0.25) is 5.78 Å². The zero-order valence-electron chi connectivity index (χ0n) is 21.3. The van der Waals surface area contributed by atoms with Gasteiger partial charge in [-0.2, -0.15) is 9.37 Å². The van der Waals surface area contributed by atoms with Crippen molar-refractivity contribution in [2.45, 2.75) is 57.0 Å². The molecule has 0 radical (unpaired) electrons. The molecule has 2 aromatic carbocycles. The normalized spacial score (nSPS) is 21.8. The van der Waals surface area contributed by atoms with Crippen LogP contribution in [0.2, 0.25) is 5.02 Å². The van der Waals surface area contributed by atoms with Crippen LogP contribution in [-0.4, -0.2) is 53.9 Å². The van der Waals surface area contributed by atoms with Gasteiger partial charge in [-0.3, -0.25) is 9.59 Å².